The summed E-state index contributed by atoms with van der Waals surface area (Å²) in [6.45, 7) is 1.52. The molecule has 9 heteroatoms. The molecule has 4 rings (SSSR count). The van der Waals surface area contributed by atoms with E-state index in [1.165, 1.54) is 11.8 Å². The number of nitrogens with zero attached hydrogens (tertiary/aromatic N) is 3. The van der Waals surface area contributed by atoms with Crippen LogP contribution in [0.15, 0.2) is 45.5 Å². The topological polar surface area (TPSA) is 111 Å². The van der Waals surface area contributed by atoms with Gasteiger partial charge in [-0.1, -0.05) is 24.2 Å². The van der Waals surface area contributed by atoms with Crippen molar-refractivity contribution in [2.45, 2.75) is 44.2 Å². The maximum atomic E-state index is 13.8. The van der Waals surface area contributed by atoms with Gasteiger partial charge in [0, 0.05) is 16.6 Å². The first-order valence-electron chi connectivity index (χ1n) is 10.7. The summed E-state index contributed by atoms with van der Waals surface area (Å²) in [4.78, 5) is 33.2. The van der Waals surface area contributed by atoms with E-state index in [0.29, 0.717) is 26.8 Å². The Morgan fingerprint density at radius 3 is 2.85 bits per heavy atom. The summed E-state index contributed by atoms with van der Waals surface area (Å²) in [7, 11) is 1.57. The number of carbonyl (C=O) groups is 1. The number of thioether (sulfide) groups is 1. The van der Waals surface area contributed by atoms with Gasteiger partial charge in [-0.2, -0.15) is 5.26 Å². The molecule has 0 saturated heterocycles. The van der Waals surface area contributed by atoms with Crippen LogP contribution in [0.1, 0.15) is 36.6 Å². The Kier molecular flexibility index (Phi) is 6.86. The Balaban J connectivity index is 1.87. The summed E-state index contributed by atoms with van der Waals surface area (Å²) < 4.78 is 6.90. The zero-order valence-corrected chi connectivity index (χ0v) is 20.1. The average molecular weight is 481 g/mol. The summed E-state index contributed by atoms with van der Waals surface area (Å²) in [5, 5.41) is 10.3. The number of thiophene rings is 1. The Morgan fingerprint density at radius 1 is 1.33 bits per heavy atom. The molecule has 7 nitrogen and oxygen atoms in total. The molecule has 0 unspecified atom stereocenters. The van der Waals surface area contributed by atoms with Crippen LogP contribution < -0.4 is 16.0 Å². The second-order valence-electron chi connectivity index (χ2n) is 7.86. The highest BCUT2D eigenvalue weighted by atomic mass is 32.2. The molecular weight excluding hydrogens is 456 g/mol. The highest BCUT2D eigenvalue weighted by Gasteiger charge is 2.23. The van der Waals surface area contributed by atoms with Crippen molar-refractivity contribution in [1.29, 1.82) is 5.26 Å². The van der Waals surface area contributed by atoms with E-state index in [9.17, 15) is 14.9 Å². The van der Waals surface area contributed by atoms with Gasteiger partial charge in [0.25, 0.3) is 5.56 Å². The van der Waals surface area contributed by atoms with E-state index >= 15 is 0 Å². The molecule has 0 aliphatic heterocycles. The molecule has 1 aliphatic rings. The molecular formula is C24H24N4O3S2. The van der Waals surface area contributed by atoms with E-state index in [2.05, 4.69) is 0 Å². The van der Waals surface area contributed by atoms with Crippen LogP contribution in [0, 0.1) is 11.3 Å². The van der Waals surface area contributed by atoms with Crippen molar-refractivity contribution in [2.24, 2.45) is 5.73 Å². The molecule has 1 aromatic carbocycles. The minimum Gasteiger partial charge on any atom is -0.497 e. The average Bonchev–Trinajstić information content (AvgIpc) is 2.99. The van der Waals surface area contributed by atoms with Gasteiger partial charge in [-0.3, -0.25) is 14.2 Å². The monoisotopic (exact) mass is 480 g/mol. The number of aryl methyl sites for hydroxylation is 2. The molecule has 3 aromatic rings. The van der Waals surface area contributed by atoms with Crippen LogP contribution in [0.2, 0.25) is 0 Å². The van der Waals surface area contributed by atoms with Gasteiger partial charge in [0.15, 0.2) is 10.9 Å². The summed E-state index contributed by atoms with van der Waals surface area (Å²) in [6.07, 6.45) is 5.17. The minimum absolute atomic E-state index is 0.0512. The van der Waals surface area contributed by atoms with E-state index in [1.807, 2.05) is 24.3 Å². The highest BCUT2D eigenvalue weighted by molar-refractivity contribution is 7.99. The largest absolute Gasteiger partial charge is 0.497 e. The molecule has 1 aliphatic carbocycles. The zero-order valence-electron chi connectivity index (χ0n) is 18.5. The highest BCUT2D eigenvalue weighted by Crippen LogP contribution is 2.35. The van der Waals surface area contributed by atoms with Crippen LogP contribution in [0.5, 0.6) is 5.75 Å². The molecule has 170 valence electrons. The van der Waals surface area contributed by atoms with Gasteiger partial charge < -0.3 is 10.5 Å². The van der Waals surface area contributed by atoms with Crippen molar-refractivity contribution in [3.05, 3.63) is 56.3 Å². The number of hydrogen-bond acceptors (Lipinski definition) is 8. The van der Waals surface area contributed by atoms with E-state index in [1.54, 1.807) is 29.1 Å². The lowest BCUT2D eigenvalue weighted by atomic mass is 10.1. The van der Waals surface area contributed by atoms with Gasteiger partial charge in [0.2, 0.25) is 0 Å². The quantitative estimate of drug-likeness (QED) is 0.186. The number of methoxy groups -OCH3 is 1. The number of carbonyl (C=O) groups excluding carboxylic acids is 1. The Hall–Kier alpha value is -3.09. The van der Waals surface area contributed by atoms with Gasteiger partial charge in [0.1, 0.15) is 22.2 Å². The molecule has 2 aromatic heterocycles. The van der Waals surface area contributed by atoms with E-state index in [-0.39, 0.29) is 22.6 Å². The van der Waals surface area contributed by atoms with Crippen LogP contribution in [0.3, 0.4) is 0 Å². The number of ether oxygens (including phenoxy) is 1. The lowest BCUT2D eigenvalue weighted by molar-refractivity contribution is -0.112. The summed E-state index contributed by atoms with van der Waals surface area (Å²) >= 11 is 2.70. The number of fused-ring (bicyclic) bond motifs is 3. The summed E-state index contributed by atoms with van der Waals surface area (Å²) in [5.41, 5.74) is 7.38. The lowest BCUT2D eigenvalue weighted by Crippen LogP contribution is -2.22. The van der Waals surface area contributed by atoms with E-state index in [4.69, 9.17) is 15.5 Å². The predicted octanol–water partition coefficient (Wildman–Crippen LogP) is 4.14. The van der Waals surface area contributed by atoms with E-state index in [0.717, 1.165) is 49.4 Å². The number of ketones is 1. The maximum Gasteiger partial charge on any atom is 0.267 e. The third-order valence-corrected chi connectivity index (χ3v) is 7.76. The number of benzene rings is 1. The van der Waals surface area contributed by atoms with Gasteiger partial charge in [-0.05, 0) is 50.3 Å². The SMILES string of the molecule is COc1cccc(-n2c(SCC(=O)/C(C#N)=C(\C)N)nc3sc4c(c3c2=O)CCCCC4)c1. The Bertz CT molecular complexity index is 1360. The summed E-state index contributed by atoms with van der Waals surface area (Å²) in [5.74, 6) is 0.171. The number of rotatable bonds is 6. The van der Waals surface area contributed by atoms with E-state index < -0.39 is 5.78 Å². The molecule has 33 heavy (non-hydrogen) atoms. The second kappa shape index (κ2) is 9.81. The number of hydrogen-bond donors (Lipinski definition) is 1. The number of allylic oxidation sites excluding steroid dienone is 2. The first-order chi connectivity index (χ1) is 15.9. The second-order valence-corrected chi connectivity index (χ2v) is 9.89. The first kappa shape index (κ1) is 23.1. The predicted molar refractivity (Wildman–Crippen MR) is 131 cm³/mol. The van der Waals surface area contributed by atoms with Crippen LogP contribution in [-0.4, -0.2) is 28.2 Å². The van der Waals surface area contributed by atoms with Crippen LogP contribution in [-0.2, 0) is 17.6 Å². The van der Waals surface area contributed by atoms with Crippen molar-refractivity contribution in [1.82, 2.24) is 9.55 Å². The molecule has 0 spiro atoms. The zero-order chi connectivity index (χ0) is 23.5. The summed E-state index contributed by atoms with van der Waals surface area (Å²) in [6, 6.07) is 9.08. The molecule has 2 N–H and O–H groups in total. The number of nitrogens with two attached hydrogens (primary N) is 1. The van der Waals surface area contributed by atoms with Crippen molar-refractivity contribution in [2.75, 3.05) is 12.9 Å². The van der Waals surface area contributed by atoms with Gasteiger partial charge in [-0.15, -0.1) is 11.3 Å². The molecule has 0 saturated carbocycles. The Morgan fingerprint density at radius 2 is 2.12 bits per heavy atom. The smallest absolute Gasteiger partial charge is 0.267 e. The molecule has 2 heterocycles. The van der Waals surface area contributed by atoms with Crippen LogP contribution >= 0.6 is 23.1 Å². The van der Waals surface area contributed by atoms with Crippen molar-refractivity contribution in [3.8, 4) is 17.5 Å². The molecule has 0 amide bonds. The van der Waals surface area contributed by atoms with Crippen LogP contribution in [0.25, 0.3) is 15.9 Å². The lowest BCUT2D eigenvalue weighted by Gasteiger charge is -2.13. The molecule has 0 atom stereocenters. The van der Waals surface area contributed by atoms with Gasteiger partial charge in [0.05, 0.1) is 23.9 Å². The Labute approximate surface area is 199 Å². The normalized spacial score (nSPS) is 14.2. The maximum absolute atomic E-state index is 13.8. The molecule has 0 bridgehead atoms. The third-order valence-electron chi connectivity index (χ3n) is 5.64. The third kappa shape index (κ3) is 4.54. The molecule has 0 radical (unpaired) electrons. The fourth-order valence-corrected chi connectivity index (χ4v) is 6.20. The van der Waals surface area contributed by atoms with Crippen LogP contribution in [0.4, 0.5) is 0 Å². The van der Waals surface area contributed by atoms with Crippen molar-refractivity contribution >= 4 is 39.1 Å². The molecule has 0 fully saturated rings. The van der Waals surface area contributed by atoms with Crippen molar-refractivity contribution < 1.29 is 9.53 Å². The standard InChI is InChI=1S/C24H24N4O3S2/c1-14(26)18(12-25)19(29)13-32-24-27-22-21(17-9-4-3-5-10-20(17)33-22)23(30)28(24)15-7-6-8-16(11-15)31-2/h6-8,11H,3-5,9-10,13,26H2,1-2H3/b18-14+. The fourth-order valence-electron chi connectivity index (χ4n) is 4.01. The number of Topliss-reactive ketones (excluding diaryl/α,β-unsaturated/α-hetero) is 1. The van der Waals surface area contributed by atoms with Gasteiger partial charge >= 0.3 is 0 Å². The minimum atomic E-state index is -0.393. The van der Waals surface area contributed by atoms with Crippen molar-refractivity contribution in [3.63, 3.8) is 0 Å². The number of aromatic nitrogens is 2. The fraction of sp³-hybridized carbons (Fsp3) is 0.333. The first-order valence-corrected chi connectivity index (χ1v) is 12.5. The number of nitriles is 1. The van der Waals surface area contributed by atoms with Gasteiger partial charge in [-0.25, -0.2) is 4.98 Å².